The second kappa shape index (κ2) is 6.75. The molecule has 0 atom stereocenters. The Hall–Kier alpha value is -2.47. The number of nitrogens with zero attached hydrogens (tertiary/aromatic N) is 4. The minimum atomic E-state index is -0.220. The Kier molecular flexibility index (Phi) is 4.52. The van der Waals surface area contributed by atoms with Crippen LogP contribution in [0.1, 0.15) is 16.2 Å². The normalized spacial score (nSPS) is 15.5. The first-order chi connectivity index (χ1) is 11.1. The molecule has 120 valence electrons. The summed E-state index contributed by atoms with van der Waals surface area (Å²) >= 11 is 0. The van der Waals surface area contributed by atoms with Gasteiger partial charge in [0.2, 0.25) is 0 Å². The van der Waals surface area contributed by atoms with Crippen LogP contribution in [-0.4, -0.2) is 54.0 Å². The lowest BCUT2D eigenvalue weighted by Gasteiger charge is -2.34. The second-order valence-corrected chi connectivity index (χ2v) is 5.84. The number of carbonyl (C=O) groups is 1. The molecule has 2 heterocycles. The molecule has 3 rings (SSSR count). The van der Waals surface area contributed by atoms with E-state index in [0.29, 0.717) is 5.69 Å². The van der Waals surface area contributed by atoms with Crippen molar-refractivity contribution < 1.29 is 4.79 Å². The second-order valence-electron chi connectivity index (χ2n) is 5.84. The molecule has 1 saturated heterocycles. The van der Waals surface area contributed by atoms with Crippen LogP contribution in [0.3, 0.4) is 0 Å². The molecule has 23 heavy (non-hydrogen) atoms. The lowest BCUT2D eigenvalue weighted by atomic mass is 10.2. The third kappa shape index (κ3) is 3.84. The zero-order chi connectivity index (χ0) is 16.2. The molecule has 1 aliphatic heterocycles. The number of benzene rings is 1. The van der Waals surface area contributed by atoms with E-state index in [0.717, 1.165) is 37.6 Å². The SMILES string of the molecule is Cc1cc(C(=O)Nc2ccc(N3CCN(C)CC3)cc2)ncn1. The monoisotopic (exact) mass is 311 g/mol. The highest BCUT2D eigenvalue weighted by Gasteiger charge is 2.14. The van der Waals surface area contributed by atoms with Crippen LogP contribution in [0.2, 0.25) is 0 Å². The van der Waals surface area contributed by atoms with Gasteiger partial charge in [-0.3, -0.25) is 4.79 Å². The first-order valence-corrected chi connectivity index (χ1v) is 7.75. The number of nitrogens with one attached hydrogen (secondary N) is 1. The molecule has 0 radical (unpaired) electrons. The van der Waals surface area contributed by atoms with Crippen molar-refractivity contribution in [2.75, 3.05) is 43.4 Å². The van der Waals surface area contributed by atoms with Crippen molar-refractivity contribution in [3.05, 3.63) is 48.0 Å². The zero-order valence-corrected chi connectivity index (χ0v) is 13.5. The molecular weight excluding hydrogens is 290 g/mol. The molecule has 2 aromatic rings. The van der Waals surface area contributed by atoms with Gasteiger partial charge in [-0.25, -0.2) is 9.97 Å². The van der Waals surface area contributed by atoms with Crippen molar-refractivity contribution in [2.45, 2.75) is 6.92 Å². The van der Waals surface area contributed by atoms with Gasteiger partial charge in [0.1, 0.15) is 12.0 Å². The maximum absolute atomic E-state index is 12.2. The Morgan fingerprint density at radius 2 is 1.78 bits per heavy atom. The van der Waals surface area contributed by atoms with E-state index >= 15 is 0 Å². The number of hydrogen-bond acceptors (Lipinski definition) is 5. The zero-order valence-electron chi connectivity index (χ0n) is 13.5. The molecule has 6 nitrogen and oxygen atoms in total. The molecule has 1 fully saturated rings. The number of aryl methyl sites for hydroxylation is 1. The summed E-state index contributed by atoms with van der Waals surface area (Å²) in [6.07, 6.45) is 1.40. The van der Waals surface area contributed by atoms with Crippen LogP contribution in [0.25, 0.3) is 0 Å². The minimum Gasteiger partial charge on any atom is -0.369 e. The quantitative estimate of drug-likeness (QED) is 0.936. The summed E-state index contributed by atoms with van der Waals surface area (Å²) in [5, 5.41) is 2.87. The van der Waals surface area contributed by atoms with Crippen LogP contribution in [0.5, 0.6) is 0 Å². The van der Waals surface area contributed by atoms with Crippen molar-refractivity contribution in [3.8, 4) is 0 Å². The minimum absolute atomic E-state index is 0.220. The molecule has 1 N–H and O–H groups in total. The van der Waals surface area contributed by atoms with E-state index in [2.05, 4.69) is 32.1 Å². The molecule has 1 aromatic carbocycles. The predicted octanol–water partition coefficient (Wildman–Crippen LogP) is 1.79. The van der Waals surface area contributed by atoms with Gasteiger partial charge >= 0.3 is 0 Å². The van der Waals surface area contributed by atoms with E-state index in [1.54, 1.807) is 6.07 Å². The smallest absolute Gasteiger partial charge is 0.274 e. The van der Waals surface area contributed by atoms with E-state index in [1.165, 1.54) is 12.0 Å². The third-order valence-corrected chi connectivity index (χ3v) is 4.03. The average Bonchev–Trinajstić information content (AvgIpc) is 2.56. The fourth-order valence-electron chi connectivity index (χ4n) is 2.59. The van der Waals surface area contributed by atoms with E-state index in [1.807, 2.05) is 31.2 Å². The van der Waals surface area contributed by atoms with E-state index in [4.69, 9.17) is 0 Å². The van der Waals surface area contributed by atoms with Crippen molar-refractivity contribution in [1.29, 1.82) is 0 Å². The average molecular weight is 311 g/mol. The summed E-state index contributed by atoms with van der Waals surface area (Å²) < 4.78 is 0. The number of rotatable bonds is 3. The van der Waals surface area contributed by atoms with Gasteiger partial charge in [0.15, 0.2) is 0 Å². The maximum Gasteiger partial charge on any atom is 0.274 e. The van der Waals surface area contributed by atoms with Crippen LogP contribution in [-0.2, 0) is 0 Å². The molecule has 1 aliphatic rings. The number of piperazine rings is 1. The largest absolute Gasteiger partial charge is 0.369 e. The molecule has 6 heteroatoms. The molecule has 0 spiro atoms. The van der Waals surface area contributed by atoms with E-state index < -0.39 is 0 Å². The van der Waals surface area contributed by atoms with Crippen LogP contribution < -0.4 is 10.2 Å². The van der Waals surface area contributed by atoms with Crippen LogP contribution in [0, 0.1) is 6.92 Å². The molecule has 0 saturated carbocycles. The summed E-state index contributed by atoms with van der Waals surface area (Å²) in [6, 6.07) is 9.63. The molecular formula is C17H21N5O. The van der Waals surface area contributed by atoms with Gasteiger partial charge in [-0.1, -0.05) is 0 Å². The number of carbonyl (C=O) groups excluding carboxylic acids is 1. The number of hydrogen-bond donors (Lipinski definition) is 1. The van der Waals surface area contributed by atoms with Gasteiger partial charge in [0, 0.05) is 43.2 Å². The number of aromatic nitrogens is 2. The van der Waals surface area contributed by atoms with Gasteiger partial charge in [-0.15, -0.1) is 0 Å². The highest BCUT2D eigenvalue weighted by atomic mass is 16.1. The number of anilines is 2. The first-order valence-electron chi connectivity index (χ1n) is 7.75. The highest BCUT2D eigenvalue weighted by molar-refractivity contribution is 6.02. The van der Waals surface area contributed by atoms with Gasteiger partial charge < -0.3 is 15.1 Å². The van der Waals surface area contributed by atoms with E-state index in [-0.39, 0.29) is 5.91 Å². The summed E-state index contributed by atoms with van der Waals surface area (Å²) in [7, 11) is 2.14. The van der Waals surface area contributed by atoms with Gasteiger partial charge in [0.25, 0.3) is 5.91 Å². The molecule has 0 bridgehead atoms. The lowest BCUT2D eigenvalue weighted by molar-refractivity contribution is 0.102. The maximum atomic E-state index is 12.2. The van der Waals surface area contributed by atoms with Crippen molar-refractivity contribution in [3.63, 3.8) is 0 Å². The summed E-state index contributed by atoms with van der Waals surface area (Å²) in [5.41, 5.74) is 3.11. The standard InChI is InChI=1S/C17H21N5O/c1-13-11-16(19-12-18-13)17(23)20-14-3-5-15(6-4-14)22-9-7-21(2)8-10-22/h3-6,11-12H,7-10H2,1-2H3,(H,20,23). The third-order valence-electron chi connectivity index (χ3n) is 4.03. The fourth-order valence-corrected chi connectivity index (χ4v) is 2.59. The Morgan fingerprint density at radius 1 is 1.09 bits per heavy atom. The number of likely N-dealkylation sites (N-methyl/N-ethyl adjacent to an activating group) is 1. The summed E-state index contributed by atoms with van der Waals surface area (Å²) in [5.74, 6) is -0.220. The Bertz CT molecular complexity index is 678. The topological polar surface area (TPSA) is 61.4 Å². The van der Waals surface area contributed by atoms with E-state index in [9.17, 15) is 4.79 Å². The van der Waals surface area contributed by atoms with Crippen molar-refractivity contribution in [2.24, 2.45) is 0 Å². The Labute approximate surface area is 136 Å². The van der Waals surface area contributed by atoms with Gasteiger partial charge in [-0.05, 0) is 44.3 Å². The van der Waals surface area contributed by atoms with Crippen molar-refractivity contribution in [1.82, 2.24) is 14.9 Å². The highest BCUT2D eigenvalue weighted by Crippen LogP contribution is 2.19. The summed E-state index contributed by atoms with van der Waals surface area (Å²) in [6.45, 7) is 6.05. The lowest BCUT2D eigenvalue weighted by Crippen LogP contribution is -2.44. The van der Waals surface area contributed by atoms with Crippen LogP contribution >= 0.6 is 0 Å². The molecule has 1 aromatic heterocycles. The van der Waals surface area contributed by atoms with Crippen LogP contribution in [0.4, 0.5) is 11.4 Å². The molecule has 0 aliphatic carbocycles. The summed E-state index contributed by atoms with van der Waals surface area (Å²) in [4.78, 5) is 24.9. The Balaban J connectivity index is 1.64. The van der Waals surface area contributed by atoms with Crippen LogP contribution in [0.15, 0.2) is 36.7 Å². The fraction of sp³-hybridized carbons (Fsp3) is 0.353. The number of amides is 1. The predicted molar refractivity (Wildman–Crippen MR) is 90.9 cm³/mol. The first kappa shape index (κ1) is 15.4. The molecule has 1 amide bonds. The van der Waals surface area contributed by atoms with Gasteiger partial charge in [-0.2, -0.15) is 0 Å². The molecule has 0 unspecified atom stereocenters. The Morgan fingerprint density at radius 3 is 2.43 bits per heavy atom. The van der Waals surface area contributed by atoms with Crippen molar-refractivity contribution >= 4 is 17.3 Å². The van der Waals surface area contributed by atoms with Gasteiger partial charge in [0.05, 0.1) is 0 Å².